The summed E-state index contributed by atoms with van der Waals surface area (Å²) in [6, 6.07) is 17.2. The summed E-state index contributed by atoms with van der Waals surface area (Å²) >= 11 is 0. The van der Waals surface area contributed by atoms with E-state index in [1.807, 2.05) is 36.4 Å². The average Bonchev–Trinajstić information content (AvgIpc) is 2.56. The molecule has 3 rings (SSSR count). The van der Waals surface area contributed by atoms with E-state index in [9.17, 15) is 4.39 Å². The molecule has 0 radical (unpaired) electrons. The number of halogens is 1. The highest BCUT2D eigenvalue weighted by Crippen LogP contribution is 2.30. The van der Waals surface area contributed by atoms with E-state index in [0.29, 0.717) is 17.0 Å². The second-order valence-corrected chi connectivity index (χ2v) is 4.64. The maximum absolute atomic E-state index is 13.1. The van der Waals surface area contributed by atoms with Crippen molar-refractivity contribution in [1.29, 1.82) is 5.26 Å². The maximum Gasteiger partial charge on any atom is 0.183 e. The van der Waals surface area contributed by atoms with Crippen LogP contribution in [-0.4, -0.2) is 9.97 Å². The fourth-order valence-electron chi connectivity index (χ4n) is 2.14. The molecule has 0 saturated heterocycles. The zero-order valence-electron chi connectivity index (χ0n) is 11.5. The third-order valence-electron chi connectivity index (χ3n) is 3.19. The molecule has 2 aromatic carbocycles. The fourth-order valence-corrected chi connectivity index (χ4v) is 2.14. The third kappa shape index (κ3) is 2.50. The van der Waals surface area contributed by atoms with Gasteiger partial charge >= 0.3 is 0 Å². The molecule has 0 aliphatic heterocycles. The van der Waals surface area contributed by atoms with Crippen LogP contribution >= 0.6 is 0 Å². The van der Waals surface area contributed by atoms with Gasteiger partial charge in [-0.15, -0.1) is 0 Å². The number of nitriles is 1. The maximum atomic E-state index is 13.1. The van der Waals surface area contributed by atoms with Gasteiger partial charge in [0.2, 0.25) is 0 Å². The van der Waals surface area contributed by atoms with Crippen LogP contribution in [0.25, 0.3) is 22.5 Å². The molecule has 0 fully saturated rings. The predicted octanol–water partition coefficient (Wildman–Crippen LogP) is 3.40. The molecule has 1 aromatic heterocycles. The Morgan fingerprint density at radius 3 is 2.09 bits per heavy atom. The smallest absolute Gasteiger partial charge is 0.183 e. The number of hydrogen-bond donors (Lipinski definition) is 1. The molecule has 1 heterocycles. The Balaban J connectivity index is 2.27. The number of anilines is 1. The van der Waals surface area contributed by atoms with Crippen molar-refractivity contribution in [2.24, 2.45) is 0 Å². The summed E-state index contributed by atoms with van der Waals surface area (Å²) < 4.78 is 13.1. The first kappa shape index (κ1) is 13.7. The van der Waals surface area contributed by atoms with Crippen LogP contribution in [0.4, 0.5) is 10.2 Å². The van der Waals surface area contributed by atoms with E-state index in [1.165, 1.54) is 12.1 Å². The predicted molar refractivity (Wildman–Crippen MR) is 82.0 cm³/mol. The second kappa shape index (κ2) is 5.62. The summed E-state index contributed by atoms with van der Waals surface area (Å²) in [4.78, 5) is 8.61. The van der Waals surface area contributed by atoms with Crippen molar-refractivity contribution >= 4 is 5.82 Å². The minimum absolute atomic E-state index is 0.0546. The van der Waals surface area contributed by atoms with Gasteiger partial charge in [-0.1, -0.05) is 30.3 Å². The van der Waals surface area contributed by atoms with Gasteiger partial charge in [0.1, 0.15) is 11.9 Å². The Labute approximate surface area is 126 Å². The first-order chi connectivity index (χ1) is 10.7. The number of benzene rings is 2. The number of nitrogen functional groups attached to an aromatic ring is 1. The third-order valence-corrected chi connectivity index (χ3v) is 3.19. The monoisotopic (exact) mass is 290 g/mol. The van der Waals surface area contributed by atoms with Gasteiger partial charge < -0.3 is 5.73 Å². The number of rotatable bonds is 2. The van der Waals surface area contributed by atoms with E-state index in [4.69, 9.17) is 11.0 Å². The van der Waals surface area contributed by atoms with Gasteiger partial charge in [-0.25, -0.2) is 14.4 Å². The van der Waals surface area contributed by atoms with Crippen LogP contribution in [0.3, 0.4) is 0 Å². The Morgan fingerprint density at radius 2 is 1.45 bits per heavy atom. The van der Waals surface area contributed by atoms with Gasteiger partial charge in [0.25, 0.3) is 0 Å². The quantitative estimate of drug-likeness (QED) is 0.784. The first-order valence-corrected chi connectivity index (χ1v) is 6.58. The fraction of sp³-hybridized carbons (Fsp3) is 0. The van der Waals surface area contributed by atoms with E-state index >= 15 is 0 Å². The molecule has 2 N–H and O–H groups in total. The van der Waals surface area contributed by atoms with Crippen molar-refractivity contribution in [2.45, 2.75) is 0 Å². The topological polar surface area (TPSA) is 75.6 Å². The molecule has 0 amide bonds. The van der Waals surface area contributed by atoms with E-state index in [2.05, 4.69) is 9.97 Å². The number of aromatic nitrogens is 2. The van der Waals surface area contributed by atoms with Crippen LogP contribution < -0.4 is 5.73 Å². The molecule has 3 aromatic rings. The molecule has 0 aliphatic carbocycles. The minimum atomic E-state index is -0.339. The van der Waals surface area contributed by atoms with E-state index in [-0.39, 0.29) is 17.3 Å². The van der Waals surface area contributed by atoms with Gasteiger partial charge in [-0.2, -0.15) is 5.26 Å². The Hall–Kier alpha value is -3.26. The minimum Gasteiger partial charge on any atom is -0.381 e. The Morgan fingerprint density at radius 1 is 0.864 bits per heavy atom. The Kier molecular flexibility index (Phi) is 3.50. The molecule has 0 unspecified atom stereocenters. The molecule has 22 heavy (non-hydrogen) atoms. The van der Waals surface area contributed by atoms with Crippen molar-refractivity contribution in [3.63, 3.8) is 0 Å². The van der Waals surface area contributed by atoms with E-state index in [1.54, 1.807) is 12.1 Å². The largest absolute Gasteiger partial charge is 0.381 e. The van der Waals surface area contributed by atoms with Gasteiger partial charge in [-0.3, -0.25) is 0 Å². The molecule has 0 aliphatic rings. The van der Waals surface area contributed by atoms with Crippen LogP contribution in [0.2, 0.25) is 0 Å². The van der Waals surface area contributed by atoms with Gasteiger partial charge in [-0.05, 0) is 24.3 Å². The van der Waals surface area contributed by atoms with Crippen LogP contribution in [0, 0.1) is 17.1 Å². The summed E-state index contributed by atoms with van der Waals surface area (Å²) in [5.41, 5.74) is 8.39. The molecule has 0 spiro atoms. The van der Waals surface area contributed by atoms with Crippen molar-refractivity contribution < 1.29 is 4.39 Å². The summed E-state index contributed by atoms with van der Waals surface area (Å²) in [6.07, 6.45) is 0. The van der Waals surface area contributed by atoms with Crippen molar-refractivity contribution in [1.82, 2.24) is 9.97 Å². The lowest BCUT2D eigenvalue weighted by Gasteiger charge is -2.10. The highest BCUT2D eigenvalue weighted by Gasteiger charge is 2.15. The standard InChI is InChI=1S/C17H11FN4/c18-13-8-6-12(7-9-13)15-16(11-4-2-1-3-5-11)22-17(20)14(10-19)21-15/h1-9H,(H2,20,22). The lowest BCUT2D eigenvalue weighted by molar-refractivity contribution is 0.628. The lowest BCUT2D eigenvalue weighted by Crippen LogP contribution is -2.03. The summed E-state index contributed by atoms with van der Waals surface area (Å²) in [5.74, 6) is -0.263. The average molecular weight is 290 g/mol. The highest BCUT2D eigenvalue weighted by molar-refractivity contribution is 5.79. The van der Waals surface area contributed by atoms with Crippen molar-refractivity contribution in [2.75, 3.05) is 5.73 Å². The molecular weight excluding hydrogens is 279 g/mol. The highest BCUT2D eigenvalue weighted by atomic mass is 19.1. The van der Waals surface area contributed by atoms with Gasteiger partial charge in [0.05, 0.1) is 11.4 Å². The summed E-state index contributed by atoms with van der Waals surface area (Å²) in [7, 11) is 0. The van der Waals surface area contributed by atoms with Crippen LogP contribution in [0.5, 0.6) is 0 Å². The molecule has 0 atom stereocenters. The van der Waals surface area contributed by atoms with Crippen molar-refractivity contribution in [3.05, 3.63) is 66.1 Å². The van der Waals surface area contributed by atoms with Gasteiger partial charge in [0.15, 0.2) is 11.5 Å². The molecule has 0 bridgehead atoms. The summed E-state index contributed by atoms with van der Waals surface area (Å²) in [6.45, 7) is 0. The number of nitrogens with two attached hydrogens (primary N) is 1. The lowest BCUT2D eigenvalue weighted by atomic mass is 10.0. The molecule has 106 valence electrons. The molecule has 4 nitrogen and oxygen atoms in total. The molecule has 5 heteroatoms. The SMILES string of the molecule is N#Cc1nc(-c2ccc(F)cc2)c(-c2ccccc2)nc1N. The van der Waals surface area contributed by atoms with Gasteiger partial charge in [0, 0.05) is 11.1 Å². The Bertz CT molecular complexity index is 852. The summed E-state index contributed by atoms with van der Waals surface area (Å²) in [5, 5.41) is 9.10. The zero-order valence-corrected chi connectivity index (χ0v) is 11.5. The zero-order chi connectivity index (χ0) is 15.5. The van der Waals surface area contributed by atoms with Crippen LogP contribution in [0.1, 0.15) is 5.69 Å². The number of hydrogen-bond acceptors (Lipinski definition) is 4. The molecule has 0 saturated carbocycles. The normalized spacial score (nSPS) is 10.2. The first-order valence-electron chi connectivity index (χ1n) is 6.58. The van der Waals surface area contributed by atoms with E-state index < -0.39 is 0 Å². The molecular formula is C17H11FN4. The van der Waals surface area contributed by atoms with Crippen molar-refractivity contribution in [3.8, 4) is 28.6 Å². The second-order valence-electron chi connectivity index (χ2n) is 4.64. The number of nitrogens with zero attached hydrogens (tertiary/aromatic N) is 3. The van der Waals surface area contributed by atoms with E-state index in [0.717, 1.165) is 5.56 Å². The van der Waals surface area contributed by atoms with Crippen LogP contribution in [0.15, 0.2) is 54.6 Å². The van der Waals surface area contributed by atoms with Crippen LogP contribution in [-0.2, 0) is 0 Å².